The number of methoxy groups -OCH3 is 2. The Labute approximate surface area is 187 Å². The number of nitriles is 1. The Bertz CT molecular complexity index is 1100. The van der Waals surface area contributed by atoms with Gasteiger partial charge >= 0.3 is 0 Å². The fourth-order valence-electron chi connectivity index (χ4n) is 4.14. The molecule has 0 amide bonds. The van der Waals surface area contributed by atoms with E-state index in [1.54, 1.807) is 20.3 Å². The molecule has 1 aromatic heterocycles. The van der Waals surface area contributed by atoms with Crippen LogP contribution in [-0.2, 0) is 0 Å². The van der Waals surface area contributed by atoms with Crippen LogP contribution in [0.3, 0.4) is 0 Å². The van der Waals surface area contributed by atoms with Gasteiger partial charge in [-0.25, -0.2) is 4.98 Å². The summed E-state index contributed by atoms with van der Waals surface area (Å²) in [6.45, 7) is 0. The molecule has 0 unspecified atom stereocenters. The third kappa shape index (κ3) is 4.81. The molecule has 1 aliphatic rings. The molecule has 1 fully saturated rings. The van der Waals surface area contributed by atoms with Gasteiger partial charge in [-0.2, -0.15) is 5.26 Å². The van der Waals surface area contributed by atoms with Crippen LogP contribution < -0.4 is 9.47 Å². The molecule has 1 aliphatic carbocycles. The first-order valence-electron chi connectivity index (χ1n) is 10.6. The van der Waals surface area contributed by atoms with Crippen LogP contribution in [0.4, 0.5) is 0 Å². The van der Waals surface area contributed by atoms with Crippen LogP contribution in [-0.4, -0.2) is 19.2 Å². The summed E-state index contributed by atoms with van der Waals surface area (Å²) in [5, 5.41) is 12.5. The molecule has 5 heteroatoms. The van der Waals surface area contributed by atoms with Gasteiger partial charge < -0.3 is 9.47 Å². The average Bonchev–Trinajstić information content (AvgIpc) is 3.33. The van der Waals surface area contributed by atoms with Gasteiger partial charge in [-0.15, -0.1) is 11.3 Å². The number of hydrogen-bond acceptors (Lipinski definition) is 5. The molecular formula is C26H26N2O2S. The number of ether oxygens (including phenoxy) is 2. The van der Waals surface area contributed by atoms with Gasteiger partial charge in [0, 0.05) is 16.5 Å². The van der Waals surface area contributed by atoms with Crippen LogP contribution in [0, 0.1) is 11.3 Å². The Kier molecular flexibility index (Phi) is 6.69. The lowest BCUT2D eigenvalue weighted by Crippen LogP contribution is -2.04. The second-order valence-electron chi connectivity index (χ2n) is 7.77. The number of nitrogens with zero attached hydrogens (tertiary/aromatic N) is 2. The molecular weight excluding hydrogens is 404 g/mol. The van der Waals surface area contributed by atoms with Gasteiger partial charge in [-0.1, -0.05) is 43.5 Å². The highest BCUT2D eigenvalue weighted by Crippen LogP contribution is 2.34. The third-order valence-electron chi connectivity index (χ3n) is 5.87. The number of thiazole rings is 1. The second kappa shape index (κ2) is 9.80. The topological polar surface area (TPSA) is 55.1 Å². The highest BCUT2D eigenvalue weighted by atomic mass is 32.1. The molecule has 0 bridgehead atoms. The summed E-state index contributed by atoms with van der Waals surface area (Å²) >= 11 is 1.48. The van der Waals surface area contributed by atoms with Crippen molar-refractivity contribution in [1.82, 2.24) is 4.98 Å². The fourth-order valence-corrected chi connectivity index (χ4v) is 4.94. The maximum atomic E-state index is 9.77. The second-order valence-corrected chi connectivity index (χ2v) is 8.63. The molecule has 158 valence electrons. The summed E-state index contributed by atoms with van der Waals surface area (Å²) in [4.78, 5) is 4.74. The van der Waals surface area contributed by atoms with Crippen LogP contribution in [0.5, 0.6) is 11.5 Å². The zero-order chi connectivity index (χ0) is 21.6. The first kappa shape index (κ1) is 21.1. The zero-order valence-corrected chi connectivity index (χ0v) is 18.7. The quantitative estimate of drug-likeness (QED) is 0.398. The number of allylic oxidation sites excluding steroid dienone is 1. The van der Waals surface area contributed by atoms with E-state index in [0.717, 1.165) is 16.8 Å². The van der Waals surface area contributed by atoms with Gasteiger partial charge in [0.05, 0.1) is 25.5 Å². The summed E-state index contributed by atoms with van der Waals surface area (Å²) in [6.07, 6.45) is 8.43. The first-order valence-corrected chi connectivity index (χ1v) is 11.5. The van der Waals surface area contributed by atoms with E-state index in [0.29, 0.717) is 28.0 Å². The van der Waals surface area contributed by atoms with Crippen molar-refractivity contribution in [3.63, 3.8) is 0 Å². The van der Waals surface area contributed by atoms with Crippen molar-refractivity contribution < 1.29 is 9.47 Å². The third-order valence-corrected chi connectivity index (χ3v) is 6.75. The molecule has 0 atom stereocenters. The minimum atomic E-state index is 0.502. The van der Waals surface area contributed by atoms with Crippen molar-refractivity contribution in [3.8, 4) is 28.8 Å². The van der Waals surface area contributed by atoms with Gasteiger partial charge in [-0.3, -0.25) is 0 Å². The maximum Gasteiger partial charge on any atom is 0.134 e. The highest BCUT2D eigenvalue weighted by molar-refractivity contribution is 7.11. The van der Waals surface area contributed by atoms with Crippen LogP contribution in [0.2, 0.25) is 0 Å². The molecule has 0 saturated heterocycles. The molecule has 1 heterocycles. The summed E-state index contributed by atoms with van der Waals surface area (Å²) in [6, 6.07) is 16.6. The van der Waals surface area contributed by atoms with Crippen molar-refractivity contribution in [1.29, 1.82) is 5.26 Å². The summed E-state index contributed by atoms with van der Waals surface area (Å²) in [7, 11) is 3.23. The molecule has 1 saturated carbocycles. The molecule has 0 radical (unpaired) electrons. The summed E-state index contributed by atoms with van der Waals surface area (Å²) in [5.74, 6) is 2.09. The largest absolute Gasteiger partial charge is 0.497 e. The van der Waals surface area contributed by atoms with E-state index >= 15 is 0 Å². The molecule has 0 N–H and O–H groups in total. The molecule has 0 spiro atoms. The Morgan fingerprint density at radius 2 is 1.84 bits per heavy atom. The molecule has 4 nitrogen and oxygen atoms in total. The molecule has 4 rings (SSSR count). The predicted molar refractivity (Wildman–Crippen MR) is 126 cm³/mol. The zero-order valence-electron chi connectivity index (χ0n) is 17.9. The van der Waals surface area contributed by atoms with Crippen LogP contribution in [0.25, 0.3) is 22.9 Å². The summed E-state index contributed by atoms with van der Waals surface area (Å²) in [5.41, 5.74) is 4.70. The fraction of sp³-hybridized carbons (Fsp3) is 0.308. The number of rotatable bonds is 6. The number of hydrogen-bond donors (Lipinski definition) is 0. The molecule has 0 aliphatic heterocycles. The van der Waals surface area contributed by atoms with Gasteiger partial charge in [0.1, 0.15) is 22.6 Å². The van der Waals surface area contributed by atoms with E-state index in [2.05, 4.69) is 30.3 Å². The van der Waals surface area contributed by atoms with Crippen LogP contribution in [0.15, 0.2) is 47.8 Å². The molecule has 3 aromatic rings. The number of benzene rings is 2. The van der Waals surface area contributed by atoms with Crippen LogP contribution >= 0.6 is 11.3 Å². The lowest BCUT2D eigenvalue weighted by Gasteiger charge is -2.22. The average molecular weight is 431 g/mol. The van der Waals surface area contributed by atoms with E-state index in [1.807, 2.05) is 23.6 Å². The lowest BCUT2D eigenvalue weighted by atomic mass is 9.84. The van der Waals surface area contributed by atoms with Crippen LogP contribution in [0.1, 0.15) is 54.2 Å². The SMILES string of the molecule is COc1ccc(OC)c(/C=C(\C#N)c2nc(-c3ccc(C4CCCCC4)cc3)cs2)c1. The smallest absolute Gasteiger partial charge is 0.134 e. The minimum Gasteiger partial charge on any atom is -0.497 e. The Morgan fingerprint density at radius 3 is 2.52 bits per heavy atom. The van der Waals surface area contributed by atoms with Gasteiger partial charge in [-0.05, 0) is 48.6 Å². The standard InChI is InChI=1S/C26H26N2O2S/c1-29-23-12-13-25(30-2)21(15-23)14-22(16-27)26-28-24(17-31-26)20-10-8-19(9-11-20)18-6-4-3-5-7-18/h8-15,17-18H,3-7H2,1-2H3/b22-14+. The van der Waals surface area contributed by atoms with Crippen molar-refractivity contribution in [2.45, 2.75) is 38.0 Å². The van der Waals surface area contributed by atoms with Crippen molar-refractivity contribution in [3.05, 3.63) is 64.0 Å². The molecule has 31 heavy (non-hydrogen) atoms. The van der Waals surface area contributed by atoms with Gasteiger partial charge in [0.15, 0.2) is 0 Å². The lowest BCUT2D eigenvalue weighted by molar-refractivity contribution is 0.402. The van der Waals surface area contributed by atoms with Crippen molar-refractivity contribution in [2.75, 3.05) is 14.2 Å². The van der Waals surface area contributed by atoms with E-state index in [1.165, 1.54) is 49.0 Å². The summed E-state index contributed by atoms with van der Waals surface area (Å²) < 4.78 is 10.7. The first-order chi connectivity index (χ1) is 15.2. The monoisotopic (exact) mass is 430 g/mol. The molecule has 2 aromatic carbocycles. The van der Waals surface area contributed by atoms with E-state index in [-0.39, 0.29) is 0 Å². The minimum absolute atomic E-state index is 0.502. The predicted octanol–water partition coefficient (Wildman–Crippen LogP) is 6.94. The highest BCUT2D eigenvalue weighted by Gasteiger charge is 2.16. The van der Waals surface area contributed by atoms with Crippen molar-refractivity contribution >= 4 is 23.0 Å². The number of aromatic nitrogens is 1. The van der Waals surface area contributed by atoms with Gasteiger partial charge in [0.2, 0.25) is 0 Å². The Hall–Kier alpha value is -3.10. The van der Waals surface area contributed by atoms with E-state index < -0.39 is 0 Å². The normalized spacial score (nSPS) is 14.8. The van der Waals surface area contributed by atoms with E-state index in [9.17, 15) is 5.26 Å². The maximum absolute atomic E-state index is 9.77. The van der Waals surface area contributed by atoms with Gasteiger partial charge in [0.25, 0.3) is 0 Å². The van der Waals surface area contributed by atoms with E-state index in [4.69, 9.17) is 14.5 Å². The Morgan fingerprint density at radius 1 is 1.06 bits per heavy atom. The van der Waals surface area contributed by atoms with Crippen molar-refractivity contribution in [2.24, 2.45) is 0 Å². The Balaban J connectivity index is 1.59.